The van der Waals surface area contributed by atoms with Gasteiger partial charge in [0.1, 0.15) is 6.10 Å². The van der Waals surface area contributed by atoms with Crippen LogP contribution in [0, 0.1) is 11.3 Å². The zero-order chi connectivity index (χ0) is 18.1. The Balaban J connectivity index is 1.29. The van der Waals surface area contributed by atoms with Gasteiger partial charge in [-0.1, -0.05) is 19.0 Å². The van der Waals surface area contributed by atoms with E-state index in [1.165, 1.54) is 0 Å². The highest BCUT2D eigenvalue weighted by molar-refractivity contribution is 5.79. The van der Waals surface area contributed by atoms with E-state index in [-0.39, 0.29) is 11.5 Å². The minimum atomic E-state index is -0.0164. The number of likely N-dealkylation sites (tertiary alicyclic amines) is 2. The molecule has 7 nitrogen and oxygen atoms in total. The van der Waals surface area contributed by atoms with Gasteiger partial charge in [-0.2, -0.15) is 4.98 Å². The van der Waals surface area contributed by atoms with E-state index in [0.717, 1.165) is 77.3 Å². The summed E-state index contributed by atoms with van der Waals surface area (Å²) in [4.78, 5) is 21.3. The molecule has 0 saturated carbocycles. The largest absolute Gasteiger partial charge is 0.368 e. The lowest BCUT2D eigenvalue weighted by Crippen LogP contribution is -2.41. The lowest BCUT2D eigenvalue weighted by atomic mass is 9.77. The number of rotatable bonds is 5. The lowest BCUT2D eigenvalue weighted by Gasteiger charge is -2.38. The van der Waals surface area contributed by atoms with Crippen LogP contribution < -0.4 is 0 Å². The Bertz CT molecular complexity index is 630. The number of hydrogen-bond donors (Lipinski definition) is 0. The first kappa shape index (κ1) is 17.9. The van der Waals surface area contributed by atoms with E-state index in [2.05, 4.69) is 33.8 Å². The number of aromatic nitrogens is 2. The van der Waals surface area contributed by atoms with Gasteiger partial charge >= 0.3 is 0 Å². The van der Waals surface area contributed by atoms with Crippen LogP contribution in [0.2, 0.25) is 0 Å². The number of amides is 1. The third-order valence-corrected chi connectivity index (χ3v) is 5.96. The van der Waals surface area contributed by atoms with Crippen LogP contribution in [0.5, 0.6) is 0 Å². The first-order valence-corrected chi connectivity index (χ1v) is 9.97. The molecule has 4 rings (SSSR count). The molecular formula is C19H30N4O3. The van der Waals surface area contributed by atoms with Gasteiger partial charge in [0.05, 0.1) is 6.54 Å². The maximum Gasteiger partial charge on any atom is 0.255 e. The van der Waals surface area contributed by atoms with Gasteiger partial charge < -0.3 is 14.2 Å². The van der Waals surface area contributed by atoms with Crippen molar-refractivity contribution in [2.75, 3.05) is 32.8 Å². The summed E-state index contributed by atoms with van der Waals surface area (Å²) < 4.78 is 11.0. The Morgan fingerprint density at radius 1 is 1.31 bits per heavy atom. The zero-order valence-electron chi connectivity index (χ0n) is 15.9. The molecule has 1 unspecified atom stereocenters. The van der Waals surface area contributed by atoms with E-state index >= 15 is 0 Å². The van der Waals surface area contributed by atoms with E-state index in [9.17, 15) is 4.79 Å². The molecule has 3 fully saturated rings. The molecule has 144 valence electrons. The van der Waals surface area contributed by atoms with Crippen LogP contribution in [0.15, 0.2) is 4.52 Å². The summed E-state index contributed by atoms with van der Waals surface area (Å²) in [5.41, 5.74) is 0.183. The summed E-state index contributed by atoms with van der Waals surface area (Å²) in [5.74, 6) is 2.24. The van der Waals surface area contributed by atoms with Crippen molar-refractivity contribution >= 4 is 5.91 Å². The summed E-state index contributed by atoms with van der Waals surface area (Å²) in [7, 11) is 0. The van der Waals surface area contributed by atoms with Crippen molar-refractivity contribution in [3.63, 3.8) is 0 Å². The van der Waals surface area contributed by atoms with Crippen LogP contribution >= 0.6 is 0 Å². The lowest BCUT2D eigenvalue weighted by molar-refractivity contribution is -0.128. The predicted octanol–water partition coefficient (Wildman–Crippen LogP) is 2.39. The first-order chi connectivity index (χ1) is 12.5. The number of ether oxygens (including phenoxy) is 1. The Morgan fingerprint density at radius 2 is 2.12 bits per heavy atom. The standard InChI is InChI=1S/C19H30N4O3/c1-14(2)11-23-13-19(10-17(23)24)5-7-22(8-6-19)12-16-20-18(26-21-16)15-4-3-9-25-15/h14-15H,3-13H2,1-2H3. The van der Waals surface area contributed by atoms with Crippen molar-refractivity contribution in [1.29, 1.82) is 0 Å². The SMILES string of the molecule is CC(C)CN1CC2(CCN(Cc3noc(C4CCCO4)n3)CC2)CC1=O. The van der Waals surface area contributed by atoms with Crippen LogP contribution in [0.25, 0.3) is 0 Å². The molecule has 0 bridgehead atoms. The fourth-order valence-corrected chi connectivity index (χ4v) is 4.54. The number of nitrogens with zero attached hydrogens (tertiary/aromatic N) is 4. The number of piperidine rings is 1. The second-order valence-electron chi connectivity index (χ2n) is 8.67. The first-order valence-electron chi connectivity index (χ1n) is 9.97. The van der Waals surface area contributed by atoms with Gasteiger partial charge in [-0.3, -0.25) is 9.69 Å². The summed E-state index contributed by atoms with van der Waals surface area (Å²) in [5, 5.41) is 4.13. The number of carbonyl (C=O) groups is 1. The average Bonchev–Trinajstić information content (AvgIpc) is 3.31. The minimum absolute atomic E-state index is 0.0164. The monoisotopic (exact) mass is 362 g/mol. The molecule has 1 atom stereocenters. The van der Waals surface area contributed by atoms with E-state index in [0.29, 0.717) is 17.7 Å². The van der Waals surface area contributed by atoms with Crippen LogP contribution in [0.1, 0.15) is 63.8 Å². The quantitative estimate of drug-likeness (QED) is 0.801. The summed E-state index contributed by atoms with van der Waals surface area (Å²) in [6, 6.07) is 0. The zero-order valence-corrected chi connectivity index (χ0v) is 15.9. The van der Waals surface area contributed by atoms with Crippen molar-refractivity contribution in [3.05, 3.63) is 11.7 Å². The van der Waals surface area contributed by atoms with Crippen LogP contribution in [0.3, 0.4) is 0 Å². The molecule has 0 aliphatic carbocycles. The molecule has 26 heavy (non-hydrogen) atoms. The Hall–Kier alpha value is -1.47. The summed E-state index contributed by atoms with van der Waals surface area (Å²) >= 11 is 0. The van der Waals surface area contributed by atoms with Gasteiger partial charge in [0.2, 0.25) is 5.91 Å². The van der Waals surface area contributed by atoms with Gasteiger partial charge in [0.25, 0.3) is 5.89 Å². The number of carbonyl (C=O) groups excluding carboxylic acids is 1. The van der Waals surface area contributed by atoms with Crippen LogP contribution in [-0.4, -0.2) is 58.6 Å². The van der Waals surface area contributed by atoms with Crippen LogP contribution in [-0.2, 0) is 16.1 Å². The van der Waals surface area contributed by atoms with Crippen molar-refractivity contribution in [2.24, 2.45) is 11.3 Å². The topological polar surface area (TPSA) is 71.7 Å². The van der Waals surface area contributed by atoms with Crippen LogP contribution in [0.4, 0.5) is 0 Å². The maximum absolute atomic E-state index is 12.4. The van der Waals surface area contributed by atoms with Gasteiger partial charge in [-0.15, -0.1) is 0 Å². The highest BCUT2D eigenvalue weighted by Gasteiger charge is 2.44. The van der Waals surface area contributed by atoms with Gasteiger partial charge in [-0.25, -0.2) is 0 Å². The molecule has 3 aliphatic heterocycles. The van der Waals surface area contributed by atoms with Crippen molar-refractivity contribution in [3.8, 4) is 0 Å². The molecule has 3 aliphatic rings. The molecular weight excluding hydrogens is 332 g/mol. The normalized spacial score (nSPS) is 26.5. The maximum atomic E-state index is 12.4. The third-order valence-electron chi connectivity index (χ3n) is 5.96. The fourth-order valence-electron chi connectivity index (χ4n) is 4.54. The smallest absolute Gasteiger partial charge is 0.255 e. The van der Waals surface area contributed by atoms with Crippen molar-refractivity contribution in [2.45, 2.75) is 58.6 Å². The molecule has 0 radical (unpaired) electrons. The minimum Gasteiger partial charge on any atom is -0.368 e. The second kappa shape index (κ2) is 7.27. The number of hydrogen-bond acceptors (Lipinski definition) is 6. The summed E-state index contributed by atoms with van der Waals surface area (Å²) in [6.07, 6.45) is 4.88. The average molecular weight is 362 g/mol. The van der Waals surface area contributed by atoms with Crippen molar-refractivity contribution < 1.29 is 14.1 Å². The van der Waals surface area contributed by atoms with Gasteiger partial charge in [-0.05, 0) is 50.1 Å². The third kappa shape index (κ3) is 3.78. The Kier molecular flexibility index (Phi) is 5.01. The fraction of sp³-hybridized carbons (Fsp3) is 0.842. The molecule has 1 amide bonds. The van der Waals surface area contributed by atoms with Crippen molar-refractivity contribution in [1.82, 2.24) is 19.9 Å². The summed E-state index contributed by atoms with van der Waals surface area (Å²) in [6.45, 7) is 9.66. The molecule has 3 saturated heterocycles. The molecule has 0 aromatic carbocycles. The van der Waals surface area contributed by atoms with E-state index in [4.69, 9.17) is 9.26 Å². The molecule has 1 spiro atoms. The van der Waals surface area contributed by atoms with Gasteiger partial charge in [0.15, 0.2) is 5.82 Å². The molecule has 0 N–H and O–H groups in total. The van der Waals surface area contributed by atoms with E-state index in [1.807, 2.05) is 0 Å². The van der Waals surface area contributed by atoms with E-state index < -0.39 is 0 Å². The molecule has 1 aromatic heterocycles. The molecule has 7 heteroatoms. The molecule has 1 aromatic rings. The Morgan fingerprint density at radius 3 is 2.81 bits per heavy atom. The highest BCUT2D eigenvalue weighted by Crippen LogP contribution is 2.41. The molecule has 4 heterocycles. The van der Waals surface area contributed by atoms with Gasteiger partial charge in [0, 0.05) is 26.1 Å². The Labute approximate surface area is 155 Å². The van der Waals surface area contributed by atoms with E-state index in [1.54, 1.807) is 0 Å². The predicted molar refractivity (Wildman–Crippen MR) is 95.2 cm³/mol. The second-order valence-corrected chi connectivity index (χ2v) is 8.67. The highest BCUT2D eigenvalue weighted by atomic mass is 16.5.